The monoisotopic (exact) mass is 561 g/mol. The highest BCUT2D eigenvalue weighted by Gasteiger charge is 2.32. The molecular weight excluding hydrogens is 531 g/mol. The molecule has 204 valence electrons. The average molecular weight is 562 g/mol. The van der Waals surface area contributed by atoms with Gasteiger partial charge in [0.05, 0.1) is 16.7 Å². The van der Waals surface area contributed by atoms with Crippen molar-refractivity contribution in [1.29, 1.82) is 0 Å². The summed E-state index contributed by atoms with van der Waals surface area (Å²) in [5.41, 5.74) is 0.0120. The molecule has 2 saturated heterocycles. The zero-order valence-corrected chi connectivity index (χ0v) is 22.0. The summed E-state index contributed by atoms with van der Waals surface area (Å²) in [7, 11) is -6.95. The van der Waals surface area contributed by atoms with Gasteiger partial charge in [0, 0.05) is 57.2 Å². The number of hydrogen-bond acceptors (Lipinski definition) is 7. The summed E-state index contributed by atoms with van der Waals surface area (Å²) in [4.78, 5) is 6.05. The van der Waals surface area contributed by atoms with Crippen molar-refractivity contribution in [2.75, 3.05) is 55.7 Å². The largest absolute Gasteiger partial charge is 0.417 e. The fourth-order valence-corrected chi connectivity index (χ4v) is 6.90. The maximum Gasteiger partial charge on any atom is 0.417 e. The summed E-state index contributed by atoms with van der Waals surface area (Å²) in [5, 5.41) is 3.09. The maximum absolute atomic E-state index is 13.2. The number of nitrogens with zero attached hydrogens (tertiary/aromatic N) is 4. The standard InChI is InChI=1S/C23H30F3N5O4S2/c1-36(32,33)30-12-2-11-29(15-16-30)20-4-6-21(7-5-20)37(34,35)31-13-9-19(10-14-31)28-22-8-3-18(17-27-22)23(24,25)26/h3-8,17,19H,2,9-16H2,1H3,(H,27,28). The molecule has 2 aromatic rings. The number of anilines is 2. The number of halogens is 3. The van der Waals surface area contributed by atoms with E-state index in [9.17, 15) is 30.0 Å². The van der Waals surface area contributed by atoms with Crippen LogP contribution in [0.3, 0.4) is 0 Å². The van der Waals surface area contributed by atoms with E-state index in [0.29, 0.717) is 51.3 Å². The lowest BCUT2D eigenvalue weighted by Crippen LogP contribution is -2.42. The molecule has 2 aliphatic heterocycles. The summed E-state index contributed by atoms with van der Waals surface area (Å²) in [5.74, 6) is 0.318. The highest BCUT2D eigenvalue weighted by molar-refractivity contribution is 7.89. The van der Waals surface area contributed by atoms with Gasteiger partial charge < -0.3 is 10.2 Å². The molecule has 37 heavy (non-hydrogen) atoms. The normalized spacial score (nSPS) is 19.5. The van der Waals surface area contributed by atoms with Gasteiger partial charge in [-0.05, 0) is 55.7 Å². The van der Waals surface area contributed by atoms with Crippen molar-refractivity contribution in [3.05, 3.63) is 48.2 Å². The minimum Gasteiger partial charge on any atom is -0.370 e. The Hall–Kier alpha value is -2.42. The molecule has 3 heterocycles. The molecule has 1 aromatic carbocycles. The zero-order valence-electron chi connectivity index (χ0n) is 20.4. The van der Waals surface area contributed by atoms with Gasteiger partial charge in [-0.3, -0.25) is 0 Å². The van der Waals surface area contributed by atoms with Crippen molar-refractivity contribution in [3.63, 3.8) is 0 Å². The number of alkyl halides is 3. The highest BCUT2D eigenvalue weighted by atomic mass is 32.2. The van der Waals surface area contributed by atoms with E-state index in [-0.39, 0.29) is 24.0 Å². The lowest BCUT2D eigenvalue weighted by atomic mass is 10.1. The fourth-order valence-electron chi connectivity index (χ4n) is 4.56. The third kappa shape index (κ3) is 6.72. The van der Waals surface area contributed by atoms with Crippen molar-refractivity contribution in [1.82, 2.24) is 13.6 Å². The van der Waals surface area contributed by atoms with Crippen molar-refractivity contribution < 1.29 is 30.0 Å². The topological polar surface area (TPSA) is 103 Å². The minimum absolute atomic E-state index is 0.104. The van der Waals surface area contributed by atoms with E-state index < -0.39 is 31.8 Å². The molecule has 4 rings (SSSR count). The Bertz CT molecular complexity index is 1280. The fraction of sp³-hybridized carbons (Fsp3) is 0.522. The second-order valence-electron chi connectivity index (χ2n) is 9.25. The smallest absolute Gasteiger partial charge is 0.370 e. The van der Waals surface area contributed by atoms with Gasteiger partial charge in [0.1, 0.15) is 5.82 Å². The van der Waals surface area contributed by atoms with Crippen LogP contribution in [-0.4, -0.2) is 82.0 Å². The van der Waals surface area contributed by atoms with Crippen molar-refractivity contribution >= 4 is 31.6 Å². The van der Waals surface area contributed by atoms with Crippen LogP contribution >= 0.6 is 0 Å². The summed E-state index contributed by atoms with van der Waals surface area (Å²) in [6.07, 6.45) is -0.810. The first kappa shape index (κ1) is 27.6. The summed E-state index contributed by atoms with van der Waals surface area (Å²) in [6.45, 7) is 2.58. The van der Waals surface area contributed by atoms with E-state index >= 15 is 0 Å². The quantitative estimate of drug-likeness (QED) is 0.579. The first-order chi connectivity index (χ1) is 17.3. The van der Waals surface area contributed by atoms with E-state index in [2.05, 4.69) is 10.3 Å². The number of piperidine rings is 1. The molecule has 0 radical (unpaired) electrons. The van der Waals surface area contributed by atoms with E-state index in [1.54, 1.807) is 24.3 Å². The Kier molecular flexibility index (Phi) is 8.02. The molecule has 0 unspecified atom stereocenters. The second-order valence-corrected chi connectivity index (χ2v) is 13.2. The summed E-state index contributed by atoms with van der Waals surface area (Å²) >= 11 is 0. The number of rotatable bonds is 6. The highest BCUT2D eigenvalue weighted by Crippen LogP contribution is 2.29. The molecule has 9 nitrogen and oxygen atoms in total. The lowest BCUT2D eigenvalue weighted by Gasteiger charge is -2.32. The van der Waals surface area contributed by atoms with E-state index in [0.717, 1.165) is 18.0 Å². The first-order valence-corrected chi connectivity index (χ1v) is 15.2. The van der Waals surface area contributed by atoms with Crippen LogP contribution in [0.2, 0.25) is 0 Å². The van der Waals surface area contributed by atoms with E-state index in [1.165, 1.54) is 20.9 Å². The van der Waals surface area contributed by atoms with Crippen molar-refractivity contribution in [3.8, 4) is 0 Å². The van der Waals surface area contributed by atoms with Gasteiger partial charge in [-0.2, -0.15) is 17.5 Å². The molecule has 1 N–H and O–H groups in total. The SMILES string of the molecule is CS(=O)(=O)N1CCCN(c2ccc(S(=O)(=O)N3CCC(Nc4ccc(C(F)(F)F)cn4)CC3)cc2)CC1. The van der Waals surface area contributed by atoms with Crippen LogP contribution in [0.25, 0.3) is 0 Å². The van der Waals surface area contributed by atoms with Gasteiger partial charge >= 0.3 is 6.18 Å². The Morgan fingerprint density at radius 1 is 0.865 bits per heavy atom. The van der Waals surface area contributed by atoms with Crippen LogP contribution < -0.4 is 10.2 Å². The molecular formula is C23H30F3N5O4S2. The van der Waals surface area contributed by atoms with Crippen LogP contribution in [0.4, 0.5) is 24.7 Å². The zero-order chi connectivity index (χ0) is 26.8. The predicted octanol–water partition coefficient (Wildman–Crippen LogP) is 2.84. The molecule has 0 amide bonds. The molecule has 0 bridgehead atoms. The minimum atomic E-state index is -4.45. The molecule has 2 fully saturated rings. The van der Waals surface area contributed by atoms with Gasteiger partial charge in [0.15, 0.2) is 0 Å². The van der Waals surface area contributed by atoms with Crippen LogP contribution in [0.1, 0.15) is 24.8 Å². The molecule has 0 atom stereocenters. The second kappa shape index (κ2) is 10.8. The van der Waals surface area contributed by atoms with Crippen LogP contribution in [0.15, 0.2) is 47.5 Å². The van der Waals surface area contributed by atoms with Gasteiger partial charge in [0.2, 0.25) is 20.0 Å². The molecule has 0 saturated carbocycles. The van der Waals surface area contributed by atoms with Gasteiger partial charge in [0.25, 0.3) is 0 Å². The summed E-state index contributed by atoms with van der Waals surface area (Å²) < 4.78 is 91.0. The van der Waals surface area contributed by atoms with Crippen molar-refractivity contribution in [2.45, 2.75) is 36.4 Å². The third-order valence-corrected chi connectivity index (χ3v) is 9.88. The van der Waals surface area contributed by atoms with Gasteiger partial charge in [-0.1, -0.05) is 0 Å². The summed E-state index contributed by atoms with van der Waals surface area (Å²) in [6, 6.07) is 8.76. The van der Waals surface area contributed by atoms with Crippen molar-refractivity contribution in [2.24, 2.45) is 0 Å². The number of nitrogens with one attached hydrogen (secondary N) is 1. The number of sulfonamides is 2. The van der Waals surface area contributed by atoms with E-state index in [1.807, 2.05) is 4.90 Å². The maximum atomic E-state index is 13.2. The molecule has 0 spiro atoms. The Labute approximate surface area is 215 Å². The van der Waals surface area contributed by atoms with Gasteiger partial charge in [-0.15, -0.1) is 0 Å². The molecule has 14 heteroatoms. The van der Waals surface area contributed by atoms with Crippen LogP contribution in [0, 0.1) is 0 Å². The Morgan fingerprint density at radius 2 is 1.54 bits per heavy atom. The lowest BCUT2D eigenvalue weighted by molar-refractivity contribution is -0.137. The number of aromatic nitrogens is 1. The van der Waals surface area contributed by atoms with Crippen LogP contribution in [-0.2, 0) is 26.2 Å². The third-order valence-electron chi connectivity index (χ3n) is 6.66. The van der Waals surface area contributed by atoms with E-state index in [4.69, 9.17) is 0 Å². The Balaban J connectivity index is 1.33. The van der Waals surface area contributed by atoms with Crippen LogP contribution in [0.5, 0.6) is 0 Å². The first-order valence-electron chi connectivity index (χ1n) is 11.9. The molecule has 2 aliphatic rings. The molecule has 1 aromatic heterocycles. The number of pyridine rings is 1. The number of benzene rings is 1. The Morgan fingerprint density at radius 3 is 2.11 bits per heavy atom. The predicted molar refractivity (Wildman–Crippen MR) is 134 cm³/mol. The number of hydrogen-bond donors (Lipinski definition) is 1. The molecule has 0 aliphatic carbocycles. The average Bonchev–Trinajstić information content (AvgIpc) is 3.11. The van der Waals surface area contributed by atoms with Gasteiger partial charge in [-0.25, -0.2) is 26.1 Å².